The van der Waals surface area contributed by atoms with E-state index in [4.69, 9.17) is 11.6 Å². The Hall–Kier alpha value is -2.93. The van der Waals surface area contributed by atoms with Gasteiger partial charge in [-0.2, -0.15) is 0 Å². The van der Waals surface area contributed by atoms with Gasteiger partial charge in [-0.1, -0.05) is 18.5 Å². The number of nitrogens with one attached hydrogen (secondary N) is 1. The number of hydrogen-bond acceptors (Lipinski definition) is 3. The van der Waals surface area contributed by atoms with Crippen molar-refractivity contribution in [1.82, 2.24) is 14.5 Å². The first kappa shape index (κ1) is 20.8. The molecule has 0 bridgehead atoms. The number of fused-ring (bicyclic) bond motifs is 1. The summed E-state index contributed by atoms with van der Waals surface area (Å²) in [6.45, 7) is 5.38. The Balaban J connectivity index is 2.31. The topological polar surface area (TPSA) is 73.1 Å². The van der Waals surface area contributed by atoms with Crippen LogP contribution in [0.4, 0.5) is 4.39 Å². The van der Waals surface area contributed by atoms with Crippen LogP contribution < -0.4 is 16.6 Å². The highest BCUT2D eigenvalue weighted by atomic mass is 35.5. The molecule has 0 aliphatic rings. The maximum atomic E-state index is 13.3. The third-order valence-corrected chi connectivity index (χ3v) is 5.14. The number of amides is 1. The first-order valence-electron chi connectivity index (χ1n) is 9.27. The lowest BCUT2D eigenvalue weighted by molar-refractivity contribution is -0.124. The number of benzene rings is 2. The zero-order valence-corrected chi connectivity index (χ0v) is 17.0. The van der Waals surface area contributed by atoms with Crippen LogP contribution in [0.5, 0.6) is 0 Å². The molecule has 0 saturated carbocycles. The summed E-state index contributed by atoms with van der Waals surface area (Å²) in [6, 6.07) is 8.58. The third-order valence-electron chi connectivity index (χ3n) is 4.90. The molecular formula is C21H21ClFN3O3. The maximum Gasteiger partial charge on any atom is 0.336 e. The molecular weight excluding hydrogens is 397 g/mol. The van der Waals surface area contributed by atoms with Crippen molar-refractivity contribution in [3.05, 3.63) is 74.1 Å². The van der Waals surface area contributed by atoms with Gasteiger partial charge in [0.1, 0.15) is 11.9 Å². The van der Waals surface area contributed by atoms with Gasteiger partial charge in [-0.15, -0.1) is 0 Å². The van der Waals surface area contributed by atoms with Crippen LogP contribution in [-0.2, 0) is 4.79 Å². The molecule has 2 aromatic carbocycles. The minimum Gasteiger partial charge on any atom is -0.352 e. The Bertz CT molecular complexity index is 1180. The Labute approximate surface area is 171 Å². The Morgan fingerprint density at radius 1 is 1.14 bits per heavy atom. The fourth-order valence-corrected chi connectivity index (χ4v) is 3.24. The molecule has 0 unspecified atom stereocenters. The number of aromatic nitrogens is 2. The maximum absolute atomic E-state index is 13.3. The van der Waals surface area contributed by atoms with Gasteiger partial charge in [0.25, 0.3) is 5.56 Å². The summed E-state index contributed by atoms with van der Waals surface area (Å²) in [5.74, 6) is -0.844. The molecule has 1 amide bonds. The van der Waals surface area contributed by atoms with Gasteiger partial charge in [-0.25, -0.2) is 13.8 Å². The fraction of sp³-hybridized carbons (Fsp3) is 0.286. The molecule has 1 N–H and O–H groups in total. The summed E-state index contributed by atoms with van der Waals surface area (Å²) in [4.78, 5) is 39.1. The molecule has 0 spiro atoms. The van der Waals surface area contributed by atoms with Crippen molar-refractivity contribution in [1.29, 1.82) is 0 Å². The van der Waals surface area contributed by atoms with E-state index in [0.717, 1.165) is 23.1 Å². The van der Waals surface area contributed by atoms with E-state index in [-0.39, 0.29) is 28.5 Å². The molecule has 1 heterocycles. The fourth-order valence-electron chi connectivity index (χ4n) is 3.08. The number of nitrogens with zero attached hydrogens (tertiary/aromatic N) is 2. The number of halogens is 2. The zero-order valence-electron chi connectivity index (χ0n) is 16.3. The lowest BCUT2D eigenvalue weighted by Gasteiger charge is -2.21. The van der Waals surface area contributed by atoms with E-state index in [0.29, 0.717) is 5.02 Å². The highest BCUT2D eigenvalue weighted by Gasteiger charge is 2.23. The van der Waals surface area contributed by atoms with Crippen molar-refractivity contribution < 1.29 is 9.18 Å². The van der Waals surface area contributed by atoms with Gasteiger partial charge in [-0.05, 0) is 62.7 Å². The molecule has 0 fully saturated rings. The van der Waals surface area contributed by atoms with Crippen molar-refractivity contribution in [2.24, 2.45) is 0 Å². The molecule has 2 atom stereocenters. The van der Waals surface area contributed by atoms with Crippen LogP contribution in [0.2, 0.25) is 5.02 Å². The van der Waals surface area contributed by atoms with Crippen LogP contribution in [0.25, 0.3) is 16.6 Å². The van der Waals surface area contributed by atoms with Gasteiger partial charge in [0.2, 0.25) is 5.91 Å². The van der Waals surface area contributed by atoms with E-state index in [2.05, 4.69) is 5.32 Å². The Morgan fingerprint density at radius 2 is 1.79 bits per heavy atom. The lowest BCUT2D eigenvalue weighted by Crippen LogP contribution is -2.45. The molecule has 8 heteroatoms. The Morgan fingerprint density at radius 3 is 2.41 bits per heavy atom. The van der Waals surface area contributed by atoms with E-state index in [1.807, 2.05) is 13.8 Å². The molecule has 152 valence electrons. The summed E-state index contributed by atoms with van der Waals surface area (Å²) in [5.41, 5.74) is -0.804. The first-order chi connectivity index (χ1) is 13.7. The SMILES string of the molecule is CC[C@@H](C)NC(=O)[C@H](C)n1c(=O)n(-c2ccc(F)cc2)c(=O)c2ccc(Cl)cc21. The van der Waals surface area contributed by atoms with Crippen LogP contribution in [-0.4, -0.2) is 21.1 Å². The second kappa shape index (κ2) is 8.21. The lowest BCUT2D eigenvalue weighted by atomic mass is 10.2. The number of rotatable bonds is 5. The van der Waals surface area contributed by atoms with Gasteiger partial charge in [0, 0.05) is 11.1 Å². The minimum atomic E-state index is -0.898. The van der Waals surface area contributed by atoms with Gasteiger partial charge in [0.15, 0.2) is 0 Å². The highest BCUT2D eigenvalue weighted by Crippen LogP contribution is 2.20. The number of carbonyl (C=O) groups is 1. The quantitative estimate of drug-likeness (QED) is 0.691. The molecule has 0 saturated heterocycles. The van der Waals surface area contributed by atoms with Crippen LogP contribution in [0.3, 0.4) is 0 Å². The van der Waals surface area contributed by atoms with Gasteiger partial charge in [-0.3, -0.25) is 14.2 Å². The summed E-state index contributed by atoms with van der Waals surface area (Å²) < 4.78 is 15.5. The second-order valence-electron chi connectivity index (χ2n) is 6.92. The van der Waals surface area contributed by atoms with Crippen LogP contribution in [0.1, 0.15) is 33.2 Å². The summed E-state index contributed by atoms with van der Waals surface area (Å²) in [7, 11) is 0. The third kappa shape index (κ3) is 3.96. The summed E-state index contributed by atoms with van der Waals surface area (Å²) >= 11 is 6.09. The molecule has 0 aliphatic carbocycles. The predicted molar refractivity (Wildman–Crippen MR) is 111 cm³/mol. The summed E-state index contributed by atoms with van der Waals surface area (Å²) in [6.07, 6.45) is 0.731. The molecule has 0 radical (unpaired) electrons. The predicted octanol–water partition coefficient (Wildman–Crippen LogP) is 3.42. The van der Waals surface area contributed by atoms with Gasteiger partial charge in [0.05, 0.1) is 16.6 Å². The van der Waals surface area contributed by atoms with E-state index < -0.39 is 23.1 Å². The molecule has 1 aromatic heterocycles. The van der Waals surface area contributed by atoms with Crippen molar-refractivity contribution in [2.75, 3.05) is 0 Å². The zero-order chi connectivity index (χ0) is 21.3. The van der Waals surface area contributed by atoms with E-state index in [9.17, 15) is 18.8 Å². The summed E-state index contributed by atoms with van der Waals surface area (Å²) in [5, 5.41) is 3.40. The molecule has 6 nitrogen and oxygen atoms in total. The highest BCUT2D eigenvalue weighted by molar-refractivity contribution is 6.31. The average Bonchev–Trinajstić information content (AvgIpc) is 2.69. The number of hydrogen-bond donors (Lipinski definition) is 1. The van der Waals surface area contributed by atoms with Crippen LogP contribution >= 0.6 is 11.6 Å². The molecule has 29 heavy (non-hydrogen) atoms. The minimum absolute atomic E-state index is 0.0708. The first-order valence-corrected chi connectivity index (χ1v) is 9.65. The standard InChI is InChI=1S/C21H21ClFN3O3/c1-4-12(2)24-19(27)13(3)25-18-11-14(22)5-10-17(18)20(28)26(21(25)29)16-8-6-15(23)7-9-16/h5-13H,4H2,1-3H3,(H,24,27)/t12-,13+/m1/s1. The van der Waals surface area contributed by atoms with Crippen molar-refractivity contribution >= 4 is 28.4 Å². The van der Waals surface area contributed by atoms with Crippen LogP contribution in [0, 0.1) is 5.82 Å². The average molecular weight is 418 g/mol. The number of carbonyl (C=O) groups excluding carboxylic acids is 1. The van der Waals surface area contributed by atoms with Crippen molar-refractivity contribution in [3.63, 3.8) is 0 Å². The van der Waals surface area contributed by atoms with E-state index in [1.165, 1.54) is 28.8 Å². The largest absolute Gasteiger partial charge is 0.352 e. The van der Waals surface area contributed by atoms with E-state index in [1.54, 1.807) is 13.0 Å². The van der Waals surface area contributed by atoms with Gasteiger partial charge >= 0.3 is 5.69 Å². The van der Waals surface area contributed by atoms with Crippen molar-refractivity contribution in [3.8, 4) is 5.69 Å². The second-order valence-corrected chi connectivity index (χ2v) is 7.36. The smallest absolute Gasteiger partial charge is 0.336 e. The normalized spacial score (nSPS) is 13.3. The van der Waals surface area contributed by atoms with Gasteiger partial charge < -0.3 is 5.32 Å². The van der Waals surface area contributed by atoms with Crippen LogP contribution in [0.15, 0.2) is 52.1 Å². The Kier molecular flexibility index (Phi) is 5.88. The molecule has 3 aromatic rings. The monoisotopic (exact) mass is 417 g/mol. The molecule has 3 rings (SSSR count). The van der Waals surface area contributed by atoms with Crippen molar-refractivity contribution in [2.45, 2.75) is 39.3 Å². The molecule has 0 aliphatic heterocycles. The van der Waals surface area contributed by atoms with E-state index >= 15 is 0 Å².